The van der Waals surface area contributed by atoms with Crippen molar-refractivity contribution in [3.63, 3.8) is 0 Å². The molecule has 0 spiro atoms. The monoisotopic (exact) mass is 276 g/mol. The highest BCUT2D eigenvalue weighted by molar-refractivity contribution is 9.10. The third kappa shape index (κ3) is 2.00. The van der Waals surface area contributed by atoms with Gasteiger partial charge in [-0.15, -0.1) is 0 Å². The summed E-state index contributed by atoms with van der Waals surface area (Å²) in [5, 5.41) is 9.24. The topological polar surface area (TPSA) is 45.8 Å². The molecule has 0 aliphatic rings. The number of nitrogens with zero attached hydrogens (tertiary/aromatic N) is 2. The van der Waals surface area contributed by atoms with Gasteiger partial charge in [-0.2, -0.15) is 5.26 Å². The molecule has 0 bridgehead atoms. The highest BCUT2D eigenvalue weighted by atomic mass is 79.9. The molecule has 0 radical (unpaired) electrons. The van der Waals surface area contributed by atoms with Gasteiger partial charge in [0.05, 0.1) is 18.0 Å². The van der Waals surface area contributed by atoms with Crippen LogP contribution < -0.4 is 5.43 Å². The number of fused-ring (bicyclic) bond motifs is 1. The van der Waals surface area contributed by atoms with Crippen molar-refractivity contribution in [1.82, 2.24) is 4.57 Å². The van der Waals surface area contributed by atoms with E-state index in [2.05, 4.69) is 22.0 Å². The van der Waals surface area contributed by atoms with E-state index in [0.29, 0.717) is 18.4 Å². The van der Waals surface area contributed by atoms with Crippen molar-refractivity contribution in [3.8, 4) is 6.07 Å². The Balaban J connectivity index is 2.65. The highest BCUT2D eigenvalue weighted by Gasteiger charge is 2.02. The third-order valence-corrected chi connectivity index (χ3v) is 2.90. The predicted molar refractivity (Wildman–Crippen MR) is 66.1 cm³/mol. The maximum Gasteiger partial charge on any atom is 0.189 e. The summed E-state index contributed by atoms with van der Waals surface area (Å²) >= 11 is 3.34. The number of pyridine rings is 1. The van der Waals surface area contributed by atoms with Crippen LogP contribution in [-0.4, -0.2) is 4.57 Å². The minimum Gasteiger partial charge on any atom is -0.346 e. The lowest BCUT2D eigenvalue weighted by Crippen LogP contribution is -2.07. The van der Waals surface area contributed by atoms with Gasteiger partial charge in [0.15, 0.2) is 5.43 Å². The summed E-state index contributed by atoms with van der Waals surface area (Å²) in [6.07, 6.45) is 2.17. The first kappa shape index (κ1) is 10.9. The van der Waals surface area contributed by atoms with Crippen molar-refractivity contribution in [3.05, 3.63) is 45.2 Å². The van der Waals surface area contributed by atoms with E-state index in [1.165, 1.54) is 6.07 Å². The second-order valence-electron chi connectivity index (χ2n) is 3.44. The Kier molecular flexibility index (Phi) is 3.07. The molecule has 1 aromatic carbocycles. The van der Waals surface area contributed by atoms with Gasteiger partial charge in [-0.3, -0.25) is 4.79 Å². The predicted octanol–water partition coefficient (Wildman–Crippen LogP) is 2.68. The van der Waals surface area contributed by atoms with Crippen molar-refractivity contribution in [2.24, 2.45) is 0 Å². The molecular weight excluding hydrogens is 268 g/mol. The lowest BCUT2D eigenvalue weighted by atomic mass is 10.2. The molecule has 2 rings (SSSR count). The molecule has 3 nitrogen and oxygen atoms in total. The summed E-state index contributed by atoms with van der Waals surface area (Å²) in [7, 11) is 0. The van der Waals surface area contributed by atoms with Crippen LogP contribution in [0.5, 0.6) is 0 Å². The first-order chi connectivity index (χ1) is 7.72. The SMILES string of the molecule is N#CCCn1ccc(=O)c2cc(Br)ccc21. The van der Waals surface area contributed by atoms with Gasteiger partial charge >= 0.3 is 0 Å². The Hall–Kier alpha value is -1.60. The number of rotatable bonds is 2. The smallest absolute Gasteiger partial charge is 0.189 e. The maximum atomic E-state index is 11.7. The maximum absolute atomic E-state index is 11.7. The summed E-state index contributed by atoms with van der Waals surface area (Å²) in [6.45, 7) is 0.606. The summed E-state index contributed by atoms with van der Waals surface area (Å²) in [4.78, 5) is 11.7. The van der Waals surface area contributed by atoms with Crippen LogP contribution in [0.2, 0.25) is 0 Å². The van der Waals surface area contributed by atoms with Crippen molar-refractivity contribution in [1.29, 1.82) is 5.26 Å². The first-order valence-corrected chi connectivity index (χ1v) is 5.67. The second-order valence-corrected chi connectivity index (χ2v) is 4.36. The molecule has 0 saturated carbocycles. The molecule has 1 heterocycles. The van der Waals surface area contributed by atoms with E-state index in [4.69, 9.17) is 5.26 Å². The molecule has 0 N–H and O–H groups in total. The van der Waals surface area contributed by atoms with Gasteiger partial charge in [0, 0.05) is 28.7 Å². The van der Waals surface area contributed by atoms with E-state index >= 15 is 0 Å². The zero-order valence-electron chi connectivity index (χ0n) is 8.48. The number of aryl methyl sites for hydroxylation is 1. The van der Waals surface area contributed by atoms with Gasteiger partial charge in [0.25, 0.3) is 0 Å². The molecule has 0 aliphatic carbocycles. The Bertz CT molecular complexity index is 625. The molecule has 1 aromatic heterocycles. The zero-order chi connectivity index (χ0) is 11.5. The van der Waals surface area contributed by atoms with Crippen LogP contribution in [0.25, 0.3) is 10.9 Å². The molecule has 16 heavy (non-hydrogen) atoms. The molecule has 80 valence electrons. The highest BCUT2D eigenvalue weighted by Crippen LogP contribution is 2.17. The Morgan fingerprint density at radius 1 is 1.38 bits per heavy atom. The van der Waals surface area contributed by atoms with Crippen LogP contribution in [0.3, 0.4) is 0 Å². The number of hydrogen-bond donors (Lipinski definition) is 0. The number of halogens is 1. The molecule has 0 saturated heterocycles. The second kappa shape index (κ2) is 4.50. The molecule has 4 heteroatoms. The molecule has 0 amide bonds. The van der Waals surface area contributed by atoms with Gasteiger partial charge in [-0.05, 0) is 18.2 Å². The van der Waals surface area contributed by atoms with Crippen LogP contribution in [0.4, 0.5) is 0 Å². The van der Waals surface area contributed by atoms with Crippen LogP contribution in [0.15, 0.2) is 39.7 Å². The third-order valence-electron chi connectivity index (χ3n) is 2.40. The van der Waals surface area contributed by atoms with Crippen LogP contribution in [0.1, 0.15) is 6.42 Å². The fraction of sp³-hybridized carbons (Fsp3) is 0.167. The largest absolute Gasteiger partial charge is 0.346 e. The molecule has 2 aromatic rings. The number of benzene rings is 1. The Labute approximate surface area is 101 Å². The van der Waals surface area contributed by atoms with Crippen molar-refractivity contribution < 1.29 is 0 Å². The van der Waals surface area contributed by atoms with Gasteiger partial charge in [-0.25, -0.2) is 0 Å². The standard InChI is InChI=1S/C12H9BrN2O/c13-9-2-3-11-10(8-9)12(16)4-7-15(11)6-1-5-14/h2-4,7-8H,1,6H2. The van der Waals surface area contributed by atoms with Crippen molar-refractivity contribution in [2.45, 2.75) is 13.0 Å². The summed E-state index contributed by atoms with van der Waals surface area (Å²) in [6, 6.07) is 9.22. The summed E-state index contributed by atoms with van der Waals surface area (Å²) in [5.41, 5.74) is 0.871. The van der Waals surface area contributed by atoms with Crippen LogP contribution >= 0.6 is 15.9 Å². The van der Waals surface area contributed by atoms with Crippen LogP contribution in [-0.2, 0) is 6.54 Å². The Morgan fingerprint density at radius 3 is 2.94 bits per heavy atom. The molecule has 0 atom stereocenters. The van der Waals surface area contributed by atoms with Gasteiger partial charge in [-0.1, -0.05) is 15.9 Å². The zero-order valence-corrected chi connectivity index (χ0v) is 10.1. The quantitative estimate of drug-likeness (QED) is 0.847. The van der Waals surface area contributed by atoms with E-state index in [1.807, 2.05) is 16.7 Å². The molecule has 0 fully saturated rings. The lowest BCUT2D eigenvalue weighted by Gasteiger charge is -2.08. The van der Waals surface area contributed by atoms with E-state index < -0.39 is 0 Å². The van der Waals surface area contributed by atoms with Gasteiger partial charge in [0.1, 0.15) is 0 Å². The lowest BCUT2D eigenvalue weighted by molar-refractivity contribution is 0.737. The Morgan fingerprint density at radius 2 is 2.19 bits per heavy atom. The average Bonchev–Trinajstić information content (AvgIpc) is 2.29. The normalized spacial score (nSPS) is 10.2. The average molecular weight is 277 g/mol. The van der Waals surface area contributed by atoms with E-state index in [-0.39, 0.29) is 5.43 Å². The number of hydrogen-bond acceptors (Lipinski definition) is 2. The number of nitriles is 1. The first-order valence-electron chi connectivity index (χ1n) is 4.88. The van der Waals surface area contributed by atoms with E-state index in [0.717, 1.165) is 9.99 Å². The number of aromatic nitrogens is 1. The molecular formula is C12H9BrN2O. The van der Waals surface area contributed by atoms with Gasteiger partial charge in [0.2, 0.25) is 0 Å². The van der Waals surface area contributed by atoms with Crippen LogP contribution in [0, 0.1) is 11.3 Å². The van der Waals surface area contributed by atoms with Crippen molar-refractivity contribution >= 4 is 26.8 Å². The fourth-order valence-corrected chi connectivity index (χ4v) is 2.01. The van der Waals surface area contributed by atoms with E-state index in [9.17, 15) is 4.79 Å². The fourth-order valence-electron chi connectivity index (χ4n) is 1.65. The summed E-state index contributed by atoms with van der Waals surface area (Å²) < 4.78 is 2.81. The minimum absolute atomic E-state index is 0.00417. The molecule has 0 unspecified atom stereocenters. The molecule has 0 aliphatic heterocycles. The van der Waals surface area contributed by atoms with E-state index in [1.54, 1.807) is 12.3 Å². The summed E-state index contributed by atoms with van der Waals surface area (Å²) in [5.74, 6) is 0. The minimum atomic E-state index is 0.00417. The van der Waals surface area contributed by atoms with Crippen molar-refractivity contribution in [2.75, 3.05) is 0 Å². The van der Waals surface area contributed by atoms with Gasteiger partial charge < -0.3 is 4.57 Å².